The number of hydrogen-bond donors (Lipinski definition) is 1. The van der Waals surface area contributed by atoms with Crippen LogP contribution >= 0.6 is 0 Å². The zero-order valence-corrected chi connectivity index (χ0v) is 15.4. The lowest BCUT2D eigenvalue weighted by Crippen LogP contribution is -2.31. The number of anilines is 1. The maximum atomic E-state index is 14.4. The first kappa shape index (κ1) is 23.3. The molecule has 2 aromatic carbocycles. The summed E-state index contributed by atoms with van der Waals surface area (Å²) in [5.74, 6) is -5.59. The van der Waals surface area contributed by atoms with Gasteiger partial charge in [-0.1, -0.05) is 0 Å². The second kappa shape index (κ2) is 9.21. The highest BCUT2D eigenvalue weighted by molar-refractivity contribution is 6.02. The highest BCUT2D eigenvalue weighted by Gasteiger charge is 2.35. The van der Waals surface area contributed by atoms with Crippen molar-refractivity contribution in [2.75, 3.05) is 11.9 Å². The number of likely N-dealkylation sites (N-methyl/N-ethyl adjacent to an activating group) is 1. The Labute approximate surface area is 170 Å². The Morgan fingerprint density at radius 1 is 1.13 bits per heavy atom. The Morgan fingerprint density at radius 3 is 2.35 bits per heavy atom. The van der Waals surface area contributed by atoms with Crippen LogP contribution in [0.2, 0.25) is 0 Å². The van der Waals surface area contributed by atoms with Crippen LogP contribution in [-0.2, 0) is 9.59 Å². The van der Waals surface area contributed by atoms with Gasteiger partial charge in [-0.3, -0.25) is 9.59 Å². The van der Waals surface area contributed by atoms with Crippen LogP contribution in [0.3, 0.4) is 0 Å². The van der Waals surface area contributed by atoms with Crippen molar-refractivity contribution in [2.45, 2.75) is 6.18 Å². The van der Waals surface area contributed by atoms with E-state index in [0.717, 1.165) is 25.2 Å². The predicted octanol–water partition coefficient (Wildman–Crippen LogP) is 3.92. The van der Waals surface area contributed by atoms with Crippen LogP contribution in [0.4, 0.5) is 32.0 Å². The van der Waals surface area contributed by atoms with E-state index in [1.165, 1.54) is 5.32 Å². The SMILES string of the molecule is CN(C(=O)/C=C(\NC=O)C(F)(F)F)c1cc(Oc2ccc(F)cc2F)c(C#N)cc1F. The van der Waals surface area contributed by atoms with Crippen molar-refractivity contribution in [3.05, 3.63) is 65.1 Å². The van der Waals surface area contributed by atoms with Gasteiger partial charge in [0.05, 0.1) is 11.3 Å². The number of carbonyl (C=O) groups is 2. The van der Waals surface area contributed by atoms with Crippen molar-refractivity contribution in [3.63, 3.8) is 0 Å². The van der Waals surface area contributed by atoms with Crippen molar-refractivity contribution in [1.29, 1.82) is 5.26 Å². The number of nitriles is 1. The summed E-state index contributed by atoms with van der Waals surface area (Å²) < 4.78 is 84.9. The second-order valence-corrected chi connectivity index (χ2v) is 5.80. The van der Waals surface area contributed by atoms with Crippen LogP contribution in [0.25, 0.3) is 0 Å². The lowest BCUT2D eigenvalue weighted by Gasteiger charge is -2.19. The number of nitrogens with zero attached hydrogens (tertiary/aromatic N) is 2. The van der Waals surface area contributed by atoms with Crippen molar-refractivity contribution < 1.29 is 40.7 Å². The zero-order valence-electron chi connectivity index (χ0n) is 15.4. The molecule has 0 bridgehead atoms. The predicted molar refractivity (Wildman–Crippen MR) is 94.3 cm³/mol. The summed E-state index contributed by atoms with van der Waals surface area (Å²) in [5, 5.41) is 10.5. The lowest BCUT2D eigenvalue weighted by atomic mass is 10.1. The molecule has 6 nitrogen and oxygen atoms in total. The smallest absolute Gasteiger partial charge is 0.431 e. The fraction of sp³-hybridized carbons (Fsp3) is 0.105. The molecule has 1 N–H and O–H groups in total. The molecule has 0 radical (unpaired) electrons. The molecular formula is C19H11F6N3O3. The first-order valence-corrected chi connectivity index (χ1v) is 8.11. The average Bonchev–Trinajstić information content (AvgIpc) is 2.69. The molecule has 2 aromatic rings. The number of carbonyl (C=O) groups excluding carboxylic acids is 2. The first-order valence-electron chi connectivity index (χ1n) is 8.11. The van der Waals surface area contributed by atoms with Gasteiger partial charge in [0.2, 0.25) is 6.41 Å². The molecule has 0 unspecified atom stereocenters. The van der Waals surface area contributed by atoms with Gasteiger partial charge in [0, 0.05) is 25.3 Å². The molecule has 162 valence electrons. The fourth-order valence-corrected chi connectivity index (χ4v) is 2.26. The third-order valence-electron chi connectivity index (χ3n) is 3.76. The summed E-state index contributed by atoms with van der Waals surface area (Å²) in [5.41, 5.74) is -2.75. The summed E-state index contributed by atoms with van der Waals surface area (Å²) in [7, 11) is 0.917. The highest BCUT2D eigenvalue weighted by Crippen LogP contribution is 2.33. The normalized spacial score (nSPS) is 11.5. The maximum absolute atomic E-state index is 14.4. The molecule has 0 atom stereocenters. The van der Waals surface area contributed by atoms with E-state index in [1.807, 2.05) is 0 Å². The number of hydrogen-bond acceptors (Lipinski definition) is 4. The summed E-state index contributed by atoms with van der Waals surface area (Å²) >= 11 is 0. The molecule has 0 saturated carbocycles. The van der Waals surface area contributed by atoms with E-state index in [2.05, 4.69) is 0 Å². The number of rotatable bonds is 6. The largest absolute Gasteiger partial charge is 0.453 e. The number of allylic oxidation sites excluding steroid dienone is 1. The fourth-order valence-electron chi connectivity index (χ4n) is 2.26. The van der Waals surface area contributed by atoms with E-state index in [1.54, 1.807) is 6.07 Å². The number of halogens is 6. The maximum Gasteiger partial charge on any atom is 0.431 e. The first-order chi connectivity index (χ1) is 14.5. The zero-order chi connectivity index (χ0) is 23.3. The monoisotopic (exact) mass is 443 g/mol. The van der Waals surface area contributed by atoms with E-state index < -0.39 is 58.0 Å². The van der Waals surface area contributed by atoms with Gasteiger partial charge in [0.1, 0.15) is 29.2 Å². The van der Waals surface area contributed by atoms with Gasteiger partial charge < -0.3 is 15.0 Å². The van der Waals surface area contributed by atoms with Crippen molar-refractivity contribution in [1.82, 2.24) is 5.32 Å². The van der Waals surface area contributed by atoms with Crippen molar-refractivity contribution >= 4 is 18.0 Å². The standard InChI is InChI=1S/C19H11F6N3O3/c1-28(18(30)7-17(27-9-29)19(23,24)25)14-6-16(10(8-26)4-12(14)21)31-15-3-2-11(20)5-13(15)22/h2-7,9H,1H3,(H,27,29)/b17-7-. The van der Waals surface area contributed by atoms with Gasteiger partial charge in [-0.05, 0) is 18.2 Å². The van der Waals surface area contributed by atoms with Gasteiger partial charge in [0.25, 0.3) is 5.91 Å². The molecule has 2 rings (SSSR count). The highest BCUT2D eigenvalue weighted by atomic mass is 19.4. The van der Waals surface area contributed by atoms with Crippen LogP contribution in [0.1, 0.15) is 5.56 Å². The van der Waals surface area contributed by atoms with E-state index >= 15 is 0 Å². The summed E-state index contributed by atoms with van der Waals surface area (Å²) in [4.78, 5) is 22.9. The van der Waals surface area contributed by atoms with Crippen LogP contribution in [0.5, 0.6) is 11.5 Å². The van der Waals surface area contributed by atoms with Gasteiger partial charge in [-0.2, -0.15) is 18.4 Å². The summed E-state index contributed by atoms with van der Waals surface area (Å²) in [6.45, 7) is 0. The topological polar surface area (TPSA) is 82.4 Å². The number of nitrogens with one attached hydrogen (secondary N) is 1. The molecule has 0 heterocycles. The lowest BCUT2D eigenvalue weighted by molar-refractivity contribution is -0.119. The molecule has 31 heavy (non-hydrogen) atoms. The van der Waals surface area contributed by atoms with Crippen LogP contribution < -0.4 is 15.0 Å². The van der Waals surface area contributed by atoms with Crippen LogP contribution in [0.15, 0.2) is 42.1 Å². The number of ether oxygens (including phenoxy) is 1. The molecule has 0 aliphatic carbocycles. The van der Waals surface area contributed by atoms with Gasteiger partial charge in [-0.15, -0.1) is 0 Å². The van der Waals surface area contributed by atoms with Gasteiger partial charge in [-0.25, -0.2) is 13.2 Å². The molecule has 12 heteroatoms. The minimum Gasteiger partial charge on any atom is -0.453 e. The van der Waals surface area contributed by atoms with E-state index in [0.29, 0.717) is 17.0 Å². The minimum atomic E-state index is -5.07. The molecule has 0 aromatic heterocycles. The molecule has 2 amide bonds. The molecule has 0 aliphatic rings. The molecule has 0 spiro atoms. The Morgan fingerprint density at radius 2 is 1.81 bits per heavy atom. The van der Waals surface area contributed by atoms with E-state index in [9.17, 15) is 35.9 Å². The van der Waals surface area contributed by atoms with Crippen molar-refractivity contribution in [2.24, 2.45) is 0 Å². The van der Waals surface area contributed by atoms with E-state index in [-0.39, 0.29) is 12.5 Å². The quantitative estimate of drug-likeness (QED) is 0.417. The average molecular weight is 443 g/mol. The Hall–Kier alpha value is -4.01. The molecule has 0 saturated heterocycles. The number of alkyl halides is 3. The van der Waals surface area contributed by atoms with Crippen LogP contribution in [0, 0.1) is 28.8 Å². The molecular weight excluding hydrogens is 432 g/mol. The Balaban J connectivity index is 2.46. The molecule has 0 fully saturated rings. The Bertz CT molecular complexity index is 1090. The van der Waals surface area contributed by atoms with Gasteiger partial charge in [0.15, 0.2) is 11.6 Å². The third kappa shape index (κ3) is 5.53. The molecule has 0 aliphatic heterocycles. The number of amides is 2. The third-order valence-corrected chi connectivity index (χ3v) is 3.76. The Kier molecular flexibility index (Phi) is 6.91. The minimum absolute atomic E-state index is 0.0201. The summed E-state index contributed by atoms with van der Waals surface area (Å²) in [6, 6.07) is 5.22. The summed E-state index contributed by atoms with van der Waals surface area (Å²) in [6.07, 6.45) is -5.35. The number of benzene rings is 2. The van der Waals surface area contributed by atoms with Gasteiger partial charge >= 0.3 is 6.18 Å². The van der Waals surface area contributed by atoms with E-state index in [4.69, 9.17) is 10.00 Å². The second-order valence-electron chi connectivity index (χ2n) is 5.80. The van der Waals surface area contributed by atoms with Crippen molar-refractivity contribution in [3.8, 4) is 17.6 Å². The van der Waals surface area contributed by atoms with Crippen LogP contribution in [-0.4, -0.2) is 25.5 Å².